The van der Waals surface area contributed by atoms with E-state index in [1.54, 1.807) is 18.2 Å². The van der Waals surface area contributed by atoms with Gasteiger partial charge in [-0.2, -0.15) is 22.9 Å². The van der Waals surface area contributed by atoms with Crippen LogP contribution in [0.5, 0.6) is 5.75 Å². The van der Waals surface area contributed by atoms with Crippen LogP contribution in [0.4, 0.5) is 5.69 Å². The highest BCUT2D eigenvalue weighted by Gasteiger charge is 2.46. The molecule has 6 atom stereocenters. The Morgan fingerprint density at radius 1 is 0.981 bits per heavy atom. The maximum absolute atomic E-state index is 12.9. The number of rotatable bonds is 10. The van der Waals surface area contributed by atoms with Crippen LogP contribution in [0.1, 0.15) is 48.1 Å². The van der Waals surface area contributed by atoms with Gasteiger partial charge >= 0.3 is 37.2 Å². The summed E-state index contributed by atoms with van der Waals surface area (Å²) in [7, 11) is -23.6. The van der Waals surface area contributed by atoms with Gasteiger partial charge in [-0.05, 0) is 29.8 Å². The third kappa shape index (κ3) is 8.20. The zero-order chi connectivity index (χ0) is 39.9. The number of phenols is 1. The molecular formula is C25H26Cl2N6O17P4. The normalized spacial score (nSPS) is 24.4. The van der Waals surface area contributed by atoms with E-state index in [4.69, 9.17) is 43.5 Å². The Hall–Kier alpha value is -2.75. The van der Waals surface area contributed by atoms with E-state index in [1.165, 1.54) is 10.6 Å². The fourth-order valence-corrected chi connectivity index (χ4v) is 11.0. The van der Waals surface area contributed by atoms with Crippen LogP contribution in [0.2, 0.25) is 10.0 Å². The number of fused-ring (bicyclic) bond motifs is 3. The standard InChI is InChI=1S/C25H26Cl2N6O17P4/c1-25(2)10-5-9(3-4-12(10)29-13-6-11(26)20(35)18(27)17(13)25)21-30-19-22(31-24(28)32-23(19)36)33(21)16-7-14(34)15(47-16)8-46-52(40,41)49-54(44,45)50-53(42,43)48-51(37,38)39/h3-6,14-16,34-35H,7-8H2,1-2H3,(H,40,41)(H,42,43)(H,44,45)(H2,28,32,36)(H2,37,38,39)/t14-,15+,16+/m0/s1. The number of aliphatic hydroxyl groups excluding tert-OH is 1. The van der Waals surface area contributed by atoms with E-state index in [2.05, 4.69) is 37.4 Å². The van der Waals surface area contributed by atoms with Crippen LogP contribution in [0.15, 0.2) is 39.2 Å². The van der Waals surface area contributed by atoms with E-state index in [0.717, 1.165) is 0 Å². The summed E-state index contributed by atoms with van der Waals surface area (Å²) in [6.45, 7) is 2.62. The minimum absolute atomic E-state index is 0.00412. The highest BCUT2D eigenvalue weighted by Crippen LogP contribution is 2.70. The van der Waals surface area contributed by atoms with Crippen LogP contribution in [-0.4, -0.2) is 74.9 Å². The number of phenolic OH excluding ortho intramolecular Hbond substituents is 1. The lowest BCUT2D eigenvalue weighted by Crippen LogP contribution is -2.33. The molecule has 6 rings (SSSR count). The molecule has 1 amide bonds. The number of phosphoric ester groups is 1. The zero-order valence-corrected chi connectivity index (χ0v) is 32.1. The van der Waals surface area contributed by atoms with E-state index in [0.29, 0.717) is 27.4 Å². The highest BCUT2D eigenvalue weighted by atomic mass is 35.5. The number of carbonyl (C=O) groups is 1. The topological polar surface area (TPSA) is 354 Å². The number of hydrogen-bond acceptors (Lipinski definition) is 16. The number of aliphatic hydroxyl groups is 1. The molecule has 9 N–H and O–H groups in total. The summed E-state index contributed by atoms with van der Waals surface area (Å²) in [5.74, 6) is -1.62. The van der Waals surface area contributed by atoms with Gasteiger partial charge in [0, 0.05) is 22.6 Å². The molecule has 1 aromatic heterocycles. The Labute approximate surface area is 310 Å². The van der Waals surface area contributed by atoms with E-state index < -0.39 is 73.6 Å². The second kappa shape index (κ2) is 14.0. The number of halogens is 2. The Morgan fingerprint density at radius 3 is 2.30 bits per heavy atom. The highest BCUT2D eigenvalue weighted by molar-refractivity contribution is 7.69. The minimum Gasteiger partial charge on any atom is -0.505 e. The molecule has 3 aliphatic rings. The molecule has 292 valence electrons. The summed E-state index contributed by atoms with van der Waals surface area (Å²) < 4.78 is 69.6. The largest absolute Gasteiger partial charge is 0.505 e. The summed E-state index contributed by atoms with van der Waals surface area (Å²) in [6, 6.07) is 6.44. The van der Waals surface area contributed by atoms with Crippen LogP contribution in [0.3, 0.4) is 0 Å². The molecule has 0 spiro atoms. The number of carbonyl (C=O) groups excluding carboxylic acids is 1. The molecule has 1 saturated heterocycles. The lowest BCUT2D eigenvalue weighted by atomic mass is 9.75. The number of ether oxygens (including phenoxy) is 1. The van der Waals surface area contributed by atoms with Gasteiger partial charge in [-0.15, -0.1) is 0 Å². The predicted molar refractivity (Wildman–Crippen MR) is 180 cm³/mol. The lowest BCUT2D eigenvalue weighted by Gasteiger charge is -2.32. The van der Waals surface area contributed by atoms with Crippen LogP contribution in [0.25, 0.3) is 0 Å². The second-order valence-electron chi connectivity index (χ2n) is 12.1. The van der Waals surface area contributed by atoms with E-state index in [-0.39, 0.29) is 38.9 Å². The summed E-state index contributed by atoms with van der Waals surface area (Å²) in [6.07, 6.45) is -4.56. The van der Waals surface area contributed by atoms with E-state index in [1.807, 2.05) is 13.8 Å². The molecule has 0 radical (unpaired) electrons. The molecule has 3 unspecified atom stereocenters. The minimum atomic E-state index is -6.09. The van der Waals surface area contributed by atoms with Crippen molar-refractivity contribution in [1.29, 1.82) is 0 Å². The first-order valence-corrected chi connectivity index (χ1v) is 21.5. The van der Waals surface area contributed by atoms with Gasteiger partial charge in [0.1, 0.15) is 17.8 Å². The molecule has 54 heavy (non-hydrogen) atoms. The average molecular weight is 877 g/mol. The van der Waals surface area contributed by atoms with Gasteiger partial charge < -0.3 is 45.2 Å². The molecule has 4 heterocycles. The summed E-state index contributed by atoms with van der Waals surface area (Å²) >= 11 is 12.7. The van der Waals surface area contributed by atoms with Crippen molar-refractivity contribution in [2.24, 2.45) is 20.7 Å². The fraction of sp³-hybridized carbons (Fsp3) is 0.320. The summed E-state index contributed by atoms with van der Waals surface area (Å²) in [5.41, 5.74) is 6.08. The van der Waals surface area contributed by atoms with Crippen molar-refractivity contribution in [3.8, 4) is 5.75 Å². The van der Waals surface area contributed by atoms with Crippen molar-refractivity contribution in [3.05, 3.63) is 72.7 Å². The van der Waals surface area contributed by atoms with Crippen molar-refractivity contribution in [1.82, 2.24) is 9.55 Å². The number of aromatic hydroxyl groups is 1. The Balaban J connectivity index is 1.35. The number of guanidine groups is 1. The molecule has 3 aromatic rings. The summed E-state index contributed by atoms with van der Waals surface area (Å²) in [4.78, 5) is 76.0. The molecule has 2 aromatic carbocycles. The third-order valence-corrected chi connectivity index (χ3v) is 14.1. The predicted octanol–water partition coefficient (Wildman–Crippen LogP) is 1.97. The number of hydrogen-bond donors (Lipinski definition) is 8. The molecule has 3 aliphatic heterocycles. The first kappa shape index (κ1) is 40.9. The van der Waals surface area contributed by atoms with Crippen LogP contribution in [-0.2, 0) is 45.9 Å². The van der Waals surface area contributed by atoms with Crippen molar-refractivity contribution >= 4 is 72.0 Å². The quantitative estimate of drug-likeness (QED) is 0.135. The van der Waals surface area contributed by atoms with Crippen molar-refractivity contribution < 1.29 is 79.9 Å². The van der Waals surface area contributed by atoms with E-state index in [9.17, 15) is 47.9 Å². The monoisotopic (exact) mass is 876 g/mol. The number of amides is 1. The number of benzene rings is 2. The van der Waals surface area contributed by atoms with E-state index >= 15 is 0 Å². The van der Waals surface area contributed by atoms with Gasteiger partial charge in [-0.3, -0.25) is 13.9 Å². The first-order valence-electron chi connectivity index (χ1n) is 14.7. The van der Waals surface area contributed by atoms with Crippen molar-refractivity contribution in [2.45, 2.75) is 44.1 Å². The van der Waals surface area contributed by atoms with Crippen molar-refractivity contribution in [2.75, 3.05) is 6.61 Å². The number of imidazole rings is 1. The Morgan fingerprint density at radius 2 is 1.63 bits per heavy atom. The molecule has 1 fully saturated rings. The first-order chi connectivity index (χ1) is 24.8. The van der Waals surface area contributed by atoms with Crippen LogP contribution < -0.4 is 16.6 Å². The smallest absolute Gasteiger partial charge is 0.490 e. The number of nitrogens with zero attached hydrogens (tertiary/aromatic N) is 5. The molecule has 0 bridgehead atoms. The zero-order valence-electron chi connectivity index (χ0n) is 27.0. The lowest BCUT2D eigenvalue weighted by molar-refractivity contribution is -0.0453. The van der Waals surface area contributed by atoms with Gasteiger partial charge in [0.15, 0.2) is 16.9 Å². The van der Waals surface area contributed by atoms with Gasteiger partial charge in [0.05, 0.1) is 33.8 Å². The molecule has 0 saturated carbocycles. The Kier molecular flexibility index (Phi) is 10.6. The fourth-order valence-electron chi connectivity index (χ4n) is 5.90. The Bertz CT molecular complexity index is 2580. The summed E-state index contributed by atoms with van der Waals surface area (Å²) in [5, 5.41) is 22.2. The third-order valence-electron chi connectivity index (χ3n) is 8.01. The average Bonchev–Trinajstić information content (AvgIpc) is 3.56. The number of aliphatic imine (C=N–C) groups is 1. The number of aromatic nitrogens is 2. The van der Waals surface area contributed by atoms with Gasteiger partial charge in [0.25, 0.3) is 0 Å². The molecule has 23 nitrogen and oxygen atoms in total. The number of phosphoric acid groups is 4. The number of nitrogens with two attached hydrogens (primary N) is 1. The second-order valence-corrected chi connectivity index (χ2v) is 18.9. The van der Waals surface area contributed by atoms with Crippen molar-refractivity contribution in [3.63, 3.8) is 0 Å². The van der Waals surface area contributed by atoms with Gasteiger partial charge in [-0.25, -0.2) is 28.2 Å². The maximum Gasteiger partial charge on any atom is 0.490 e. The van der Waals surface area contributed by atoms with Gasteiger partial charge in [-0.1, -0.05) is 37.0 Å². The molecule has 29 heteroatoms. The van der Waals surface area contributed by atoms with Crippen LogP contribution in [0, 0.1) is 10.7 Å². The maximum atomic E-state index is 12.9. The van der Waals surface area contributed by atoms with Crippen LogP contribution >= 0.6 is 54.5 Å². The van der Waals surface area contributed by atoms with Gasteiger partial charge in [0.2, 0.25) is 5.96 Å². The molecular weight excluding hydrogens is 851 g/mol. The SMILES string of the molecule is CC1(C)c2c(cc(Cl)c(O)c2Cl)N=c2ccc(=c3nc4c(n3[C@H]3C[C@H](O)[C@@H](COP(=O)(O)OP(=O)(O)OP(=O)(O)OP(=O)(O)O)O3)=NC(N)=NC4=O)cc21. The molecule has 0 aliphatic carbocycles.